The van der Waals surface area contributed by atoms with Crippen molar-refractivity contribution in [2.75, 3.05) is 18.9 Å². The maximum absolute atomic E-state index is 12.9. The fourth-order valence-electron chi connectivity index (χ4n) is 1.29. The van der Waals surface area contributed by atoms with Gasteiger partial charge in [-0.05, 0) is 24.6 Å². The lowest BCUT2D eigenvalue weighted by Crippen LogP contribution is -2.32. The molecule has 0 fully saturated rings. The van der Waals surface area contributed by atoms with E-state index in [0.29, 0.717) is 12.2 Å². The van der Waals surface area contributed by atoms with Gasteiger partial charge >= 0.3 is 6.03 Å². The van der Waals surface area contributed by atoms with Crippen LogP contribution in [0.2, 0.25) is 5.02 Å². The van der Waals surface area contributed by atoms with Gasteiger partial charge in [0.25, 0.3) is 0 Å². The molecule has 0 saturated carbocycles. The number of hydrogen-bond donors (Lipinski definition) is 1. The minimum atomic E-state index is -0.496. The van der Waals surface area contributed by atoms with Crippen LogP contribution in [0, 0.1) is 5.82 Å². The number of nitrogens with one attached hydrogen (secondary N) is 1. The smallest absolute Gasteiger partial charge is 0.321 e. The topological polar surface area (TPSA) is 32.3 Å². The average molecular weight is 259 g/mol. The molecule has 1 aromatic carbocycles. The van der Waals surface area contributed by atoms with Crippen molar-refractivity contribution in [2.45, 2.75) is 19.8 Å². The van der Waals surface area contributed by atoms with Crippen molar-refractivity contribution < 1.29 is 9.18 Å². The van der Waals surface area contributed by atoms with Crippen molar-refractivity contribution in [1.82, 2.24) is 4.90 Å². The van der Waals surface area contributed by atoms with E-state index in [4.69, 9.17) is 11.6 Å². The first-order chi connectivity index (χ1) is 8.04. The average Bonchev–Trinajstić information content (AvgIpc) is 2.30. The Labute approximate surface area is 106 Å². The lowest BCUT2D eigenvalue weighted by molar-refractivity contribution is 0.222. The summed E-state index contributed by atoms with van der Waals surface area (Å²) < 4.78 is 12.9. The largest absolute Gasteiger partial charge is 0.328 e. The summed E-state index contributed by atoms with van der Waals surface area (Å²) >= 11 is 5.62. The standard InChI is InChI=1S/C12H16ClFN2O/c1-3-4-7-16(2)12(17)15-9-5-6-11(14)10(13)8-9/h5-6,8H,3-4,7H2,1-2H3,(H,15,17). The highest BCUT2D eigenvalue weighted by atomic mass is 35.5. The van der Waals surface area contributed by atoms with Crippen LogP contribution >= 0.6 is 11.6 Å². The van der Waals surface area contributed by atoms with Gasteiger partial charge in [0.1, 0.15) is 5.82 Å². The molecule has 0 aromatic heterocycles. The van der Waals surface area contributed by atoms with Crippen LogP contribution in [-0.4, -0.2) is 24.5 Å². The summed E-state index contributed by atoms with van der Waals surface area (Å²) in [6.45, 7) is 2.75. The van der Waals surface area contributed by atoms with Crippen LogP contribution < -0.4 is 5.32 Å². The van der Waals surface area contributed by atoms with E-state index >= 15 is 0 Å². The van der Waals surface area contributed by atoms with Crippen LogP contribution in [0.25, 0.3) is 0 Å². The molecule has 0 radical (unpaired) electrons. The number of anilines is 1. The van der Waals surface area contributed by atoms with Gasteiger partial charge in [-0.1, -0.05) is 24.9 Å². The third-order valence-corrected chi connectivity index (χ3v) is 2.65. The molecule has 0 saturated heterocycles. The highest BCUT2D eigenvalue weighted by Gasteiger charge is 2.09. The van der Waals surface area contributed by atoms with Crippen LogP contribution in [0.3, 0.4) is 0 Å². The van der Waals surface area contributed by atoms with Crippen molar-refractivity contribution in [3.05, 3.63) is 29.0 Å². The summed E-state index contributed by atoms with van der Waals surface area (Å²) in [5, 5.41) is 2.65. The molecule has 0 unspecified atom stereocenters. The molecule has 1 N–H and O–H groups in total. The van der Waals surface area contributed by atoms with Gasteiger partial charge in [-0.3, -0.25) is 0 Å². The van der Waals surface area contributed by atoms with Gasteiger partial charge in [0.05, 0.1) is 5.02 Å². The number of halogens is 2. The number of carbonyl (C=O) groups is 1. The van der Waals surface area contributed by atoms with E-state index in [9.17, 15) is 9.18 Å². The van der Waals surface area contributed by atoms with Gasteiger partial charge in [-0.25, -0.2) is 9.18 Å². The molecule has 1 aromatic rings. The molecule has 1 rings (SSSR count). The van der Waals surface area contributed by atoms with Gasteiger partial charge in [0.15, 0.2) is 0 Å². The second-order valence-corrected chi connectivity index (χ2v) is 4.24. The molecule has 0 bridgehead atoms. The fourth-order valence-corrected chi connectivity index (χ4v) is 1.47. The Hall–Kier alpha value is -1.29. The van der Waals surface area contributed by atoms with E-state index in [1.165, 1.54) is 18.2 Å². The molecule has 2 amide bonds. The molecule has 0 atom stereocenters. The zero-order valence-corrected chi connectivity index (χ0v) is 10.7. The minimum Gasteiger partial charge on any atom is -0.328 e. The highest BCUT2D eigenvalue weighted by Crippen LogP contribution is 2.19. The van der Waals surface area contributed by atoms with Gasteiger partial charge < -0.3 is 10.2 Å². The van der Waals surface area contributed by atoms with Crippen molar-refractivity contribution in [2.24, 2.45) is 0 Å². The number of urea groups is 1. The predicted molar refractivity (Wildman–Crippen MR) is 68.0 cm³/mol. The van der Waals surface area contributed by atoms with Crippen LogP contribution in [0.15, 0.2) is 18.2 Å². The zero-order chi connectivity index (χ0) is 12.8. The van der Waals surface area contributed by atoms with E-state index < -0.39 is 5.82 Å². The molecule has 0 aliphatic carbocycles. The SMILES string of the molecule is CCCCN(C)C(=O)Nc1ccc(F)c(Cl)c1. The second-order valence-electron chi connectivity index (χ2n) is 3.83. The number of benzene rings is 1. The lowest BCUT2D eigenvalue weighted by Gasteiger charge is -2.17. The third kappa shape index (κ3) is 4.23. The predicted octanol–water partition coefficient (Wildman–Crippen LogP) is 3.74. The Morgan fingerprint density at radius 3 is 2.82 bits per heavy atom. The normalized spacial score (nSPS) is 10.1. The fraction of sp³-hybridized carbons (Fsp3) is 0.417. The van der Waals surface area contributed by atoms with Crippen molar-refractivity contribution in [3.8, 4) is 0 Å². The van der Waals surface area contributed by atoms with E-state index in [1.807, 2.05) is 0 Å². The van der Waals surface area contributed by atoms with Crippen molar-refractivity contribution in [3.63, 3.8) is 0 Å². The first-order valence-corrected chi connectivity index (χ1v) is 5.89. The number of rotatable bonds is 4. The lowest BCUT2D eigenvalue weighted by atomic mass is 10.3. The molecule has 0 spiro atoms. The van der Waals surface area contributed by atoms with Crippen molar-refractivity contribution in [1.29, 1.82) is 0 Å². The number of carbonyl (C=O) groups excluding carboxylic acids is 1. The molecule has 94 valence electrons. The summed E-state index contributed by atoms with van der Waals surface area (Å²) in [5.74, 6) is -0.496. The number of unbranched alkanes of at least 4 members (excludes halogenated alkanes) is 1. The van der Waals surface area contributed by atoms with Crippen LogP contribution in [0.1, 0.15) is 19.8 Å². The Kier molecular flexibility index (Phi) is 5.22. The first kappa shape index (κ1) is 13.8. The Balaban J connectivity index is 2.58. The molecule has 17 heavy (non-hydrogen) atoms. The van der Waals surface area contributed by atoms with E-state index in [2.05, 4.69) is 12.2 Å². The summed E-state index contributed by atoms with van der Waals surface area (Å²) in [6.07, 6.45) is 1.98. The first-order valence-electron chi connectivity index (χ1n) is 5.51. The quantitative estimate of drug-likeness (QED) is 0.877. The maximum Gasteiger partial charge on any atom is 0.321 e. The molecule has 0 aliphatic rings. The van der Waals surface area contributed by atoms with Gasteiger partial charge in [-0.2, -0.15) is 0 Å². The monoisotopic (exact) mass is 258 g/mol. The number of hydrogen-bond acceptors (Lipinski definition) is 1. The summed E-state index contributed by atoms with van der Waals surface area (Å²) in [4.78, 5) is 13.3. The van der Waals surface area contributed by atoms with Gasteiger partial charge in [-0.15, -0.1) is 0 Å². The van der Waals surface area contributed by atoms with Crippen LogP contribution in [0.4, 0.5) is 14.9 Å². The molecule has 5 heteroatoms. The highest BCUT2D eigenvalue weighted by molar-refractivity contribution is 6.31. The van der Waals surface area contributed by atoms with E-state index in [0.717, 1.165) is 12.8 Å². The van der Waals surface area contributed by atoms with Crippen molar-refractivity contribution >= 4 is 23.3 Å². The Morgan fingerprint density at radius 2 is 2.24 bits per heavy atom. The van der Waals surface area contributed by atoms with Gasteiger partial charge in [0, 0.05) is 19.3 Å². The number of nitrogens with zero attached hydrogens (tertiary/aromatic N) is 1. The van der Waals surface area contributed by atoms with Gasteiger partial charge in [0.2, 0.25) is 0 Å². The summed E-state index contributed by atoms with van der Waals surface area (Å²) in [7, 11) is 1.72. The van der Waals surface area contributed by atoms with E-state index in [1.54, 1.807) is 11.9 Å². The zero-order valence-electron chi connectivity index (χ0n) is 9.96. The van der Waals surface area contributed by atoms with Crippen LogP contribution in [-0.2, 0) is 0 Å². The molecular formula is C12H16ClFN2O. The van der Waals surface area contributed by atoms with E-state index in [-0.39, 0.29) is 11.1 Å². The second kappa shape index (κ2) is 6.45. The molecular weight excluding hydrogens is 243 g/mol. The third-order valence-electron chi connectivity index (χ3n) is 2.36. The summed E-state index contributed by atoms with van der Waals surface area (Å²) in [6, 6.07) is 3.88. The minimum absolute atomic E-state index is 0.000916. The number of amides is 2. The summed E-state index contributed by atoms with van der Waals surface area (Å²) in [5.41, 5.74) is 0.491. The molecule has 3 nitrogen and oxygen atoms in total. The maximum atomic E-state index is 12.9. The molecule has 0 aliphatic heterocycles. The Morgan fingerprint density at radius 1 is 1.53 bits per heavy atom. The van der Waals surface area contributed by atoms with Crippen LogP contribution in [0.5, 0.6) is 0 Å². The molecule has 0 heterocycles. The Bertz CT molecular complexity index is 398.